The minimum absolute atomic E-state index is 0.0468. The Kier molecular flexibility index (Phi) is 5.39. The molecule has 0 unspecified atom stereocenters. The van der Waals surface area contributed by atoms with Gasteiger partial charge >= 0.3 is 0 Å². The Morgan fingerprint density at radius 1 is 1.28 bits per heavy atom. The average molecular weight is 427 g/mol. The first kappa shape index (κ1) is 19.2. The molecule has 0 aliphatic carbocycles. The number of nitro benzene ring substituents is 1. The second-order valence-electron chi connectivity index (χ2n) is 6.43. The van der Waals surface area contributed by atoms with Crippen molar-refractivity contribution in [3.05, 3.63) is 55.0 Å². The zero-order valence-corrected chi connectivity index (χ0v) is 16.1. The number of phenols is 1. The maximum absolute atomic E-state index is 12.2. The molecule has 0 heterocycles. The molecular weight excluding hydrogens is 412 g/mol. The van der Waals surface area contributed by atoms with Crippen LogP contribution in [-0.2, 0) is 5.41 Å². The molecule has 132 valence electrons. The molecule has 0 bridgehead atoms. The SMILES string of the molecule is CC(C)(C)c1cc(Cl)c([O-])c(N=Cc2cc([N+](=O)[O-])c(Br)cc2O)c1. The van der Waals surface area contributed by atoms with Crippen molar-refractivity contribution >= 4 is 45.1 Å². The molecule has 2 rings (SSSR count). The predicted octanol–water partition coefficient (Wildman–Crippen LogP) is 4.84. The van der Waals surface area contributed by atoms with E-state index >= 15 is 0 Å². The van der Waals surface area contributed by atoms with Gasteiger partial charge in [-0.15, -0.1) is 0 Å². The van der Waals surface area contributed by atoms with Crippen molar-refractivity contribution in [2.75, 3.05) is 0 Å². The molecule has 2 aromatic carbocycles. The van der Waals surface area contributed by atoms with Crippen LogP contribution in [0.1, 0.15) is 31.9 Å². The first-order valence-corrected chi connectivity index (χ1v) is 8.40. The van der Waals surface area contributed by atoms with Crippen LogP contribution in [0, 0.1) is 10.1 Å². The fourth-order valence-electron chi connectivity index (χ4n) is 2.06. The molecule has 0 radical (unpaired) electrons. The first-order chi connectivity index (χ1) is 11.5. The molecule has 0 aromatic heterocycles. The van der Waals surface area contributed by atoms with Crippen LogP contribution in [0.2, 0.25) is 5.02 Å². The van der Waals surface area contributed by atoms with Gasteiger partial charge in [0.05, 0.1) is 15.1 Å². The molecule has 0 aliphatic rings. The summed E-state index contributed by atoms with van der Waals surface area (Å²) < 4.78 is 0.148. The van der Waals surface area contributed by atoms with E-state index in [4.69, 9.17) is 11.6 Å². The highest BCUT2D eigenvalue weighted by atomic mass is 79.9. The zero-order valence-electron chi connectivity index (χ0n) is 13.7. The highest BCUT2D eigenvalue weighted by Gasteiger charge is 2.17. The number of hydrogen-bond acceptors (Lipinski definition) is 5. The van der Waals surface area contributed by atoms with Crippen LogP contribution in [-0.4, -0.2) is 16.2 Å². The lowest BCUT2D eigenvalue weighted by Crippen LogP contribution is -2.11. The van der Waals surface area contributed by atoms with E-state index in [1.54, 1.807) is 12.1 Å². The monoisotopic (exact) mass is 425 g/mol. The van der Waals surface area contributed by atoms with Gasteiger partial charge in [0.2, 0.25) is 0 Å². The Hall–Kier alpha value is -2.12. The third-order valence-electron chi connectivity index (χ3n) is 3.53. The summed E-state index contributed by atoms with van der Waals surface area (Å²) in [7, 11) is 0. The molecule has 0 amide bonds. The van der Waals surface area contributed by atoms with Crippen LogP contribution in [0.4, 0.5) is 11.4 Å². The molecule has 0 saturated heterocycles. The highest BCUT2D eigenvalue weighted by molar-refractivity contribution is 9.10. The van der Waals surface area contributed by atoms with E-state index in [9.17, 15) is 20.3 Å². The van der Waals surface area contributed by atoms with Gasteiger partial charge in [0.1, 0.15) is 5.75 Å². The normalized spacial score (nSPS) is 11.9. The largest absolute Gasteiger partial charge is 0.870 e. The lowest BCUT2D eigenvalue weighted by Gasteiger charge is -2.23. The Bertz CT molecular complexity index is 876. The van der Waals surface area contributed by atoms with Crippen LogP contribution < -0.4 is 5.11 Å². The summed E-state index contributed by atoms with van der Waals surface area (Å²) in [5.41, 5.74) is 0.590. The lowest BCUT2D eigenvalue weighted by atomic mass is 9.87. The van der Waals surface area contributed by atoms with Crippen LogP contribution in [0.25, 0.3) is 0 Å². The molecule has 6 nitrogen and oxygen atoms in total. The van der Waals surface area contributed by atoms with Gasteiger partial charge in [-0.2, -0.15) is 0 Å². The molecule has 0 atom stereocenters. The maximum Gasteiger partial charge on any atom is 0.284 e. The Morgan fingerprint density at radius 3 is 2.48 bits per heavy atom. The molecule has 2 aromatic rings. The second-order valence-corrected chi connectivity index (χ2v) is 7.70. The summed E-state index contributed by atoms with van der Waals surface area (Å²) >= 11 is 9.01. The van der Waals surface area contributed by atoms with Crippen LogP contribution in [0.5, 0.6) is 11.5 Å². The fourth-order valence-corrected chi connectivity index (χ4v) is 2.75. The number of halogens is 2. The second kappa shape index (κ2) is 7.01. The van der Waals surface area contributed by atoms with Crippen molar-refractivity contribution in [3.8, 4) is 11.5 Å². The van der Waals surface area contributed by atoms with Gasteiger partial charge in [0.15, 0.2) is 0 Å². The number of rotatable bonds is 3. The van der Waals surface area contributed by atoms with E-state index < -0.39 is 10.7 Å². The molecule has 0 spiro atoms. The summed E-state index contributed by atoms with van der Waals surface area (Å²) in [6, 6.07) is 5.60. The summed E-state index contributed by atoms with van der Waals surface area (Å²) in [6.45, 7) is 5.92. The quantitative estimate of drug-likeness (QED) is 0.431. The Morgan fingerprint density at radius 2 is 1.92 bits per heavy atom. The summed E-state index contributed by atoms with van der Waals surface area (Å²) in [6.07, 6.45) is 1.20. The number of benzene rings is 2. The van der Waals surface area contributed by atoms with E-state index in [1.165, 1.54) is 18.3 Å². The summed E-state index contributed by atoms with van der Waals surface area (Å²) in [5.74, 6) is -0.649. The molecule has 0 saturated carbocycles. The van der Waals surface area contributed by atoms with Gasteiger partial charge in [-0.3, -0.25) is 15.1 Å². The van der Waals surface area contributed by atoms with Gasteiger partial charge in [-0.05, 0) is 39.0 Å². The maximum atomic E-state index is 12.2. The number of phenolic OH excluding ortho intramolecular Hbond substituents is 1. The zero-order chi connectivity index (χ0) is 18.9. The smallest absolute Gasteiger partial charge is 0.284 e. The van der Waals surface area contributed by atoms with E-state index in [1.807, 2.05) is 20.8 Å². The highest BCUT2D eigenvalue weighted by Crippen LogP contribution is 2.37. The van der Waals surface area contributed by atoms with Crippen molar-refractivity contribution in [2.24, 2.45) is 4.99 Å². The minimum atomic E-state index is -0.586. The lowest BCUT2D eigenvalue weighted by molar-refractivity contribution is -0.385. The molecule has 25 heavy (non-hydrogen) atoms. The number of aromatic hydroxyl groups is 1. The minimum Gasteiger partial charge on any atom is -0.870 e. The van der Waals surface area contributed by atoms with Crippen molar-refractivity contribution in [1.82, 2.24) is 0 Å². The molecule has 0 fully saturated rings. The van der Waals surface area contributed by atoms with Crippen molar-refractivity contribution in [1.29, 1.82) is 0 Å². The van der Waals surface area contributed by atoms with E-state index in [2.05, 4.69) is 20.9 Å². The van der Waals surface area contributed by atoms with Gasteiger partial charge in [-0.1, -0.05) is 38.1 Å². The number of nitro groups is 1. The Balaban J connectivity index is 2.51. The van der Waals surface area contributed by atoms with E-state index in [0.717, 1.165) is 5.56 Å². The van der Waals surface area contributed by atoms with Crippen LogP contribution in [0.3, 0.4) is 0 Å². The molecular formula is C17H15BrClN2O4-. The third-order valence-corrected chi connectivity index (χ3v) is 4.44. The first-order valence-electron chi connectivity index (χ1n) is 7.22. The molecule has 8 heteroatoms. The van der Waals surface area contributed by atoms with Gasteiger partial charge < -0.3 is 10.2 Å². The van der Waals surface area contributed by atoms with Gasteiger partial charge in [0, 0.05) is 28.9 Å². The number of hydrogen-bond donors (Lipinski definition) is 1. The van der Waals surface area contributed by atoms with E-state index in [-0.39, 0.29) is 37.6 Å². The topological polar surface area (TPSA) is 98.8 Å². The summed E-state index contributed by atoms with van der Waals surface area (Å²) in [4.78, 5) is 14.5. The predicted molar refractivity (Wildman–Crippen MR) is 99.3 cm³/mol. The van der Waals surface area contributed by atoms with Crippen molar-refractivity contribution < 1.29 is 15.1 Å². The van der Waals surface area contributed by atoms with Crippen molar-refractivity contribution in [2.45, 2.75) is 26.2 Å². The van der Waals surface area contributed by atoms with E-state index in [0.29, 0.717) is 0 Å². The molecule has 0 aliphatic heterocycles. The Labute approximate surface area is 158 Å². The number of nitrogens with zero attached hydrogens (tertiary/aromatic N) is 2. The summed E-state index contributed by atoms with van der Waals surface area (Å²) in [5, 5.41) is 33.1. The third kappa shape index (κ3) is 4.29. The van der Waals surface area contributed by atoms with Gasteiger partial charge in [-0.25, -0.2) is 0 Å². The van der Waals surface area contributed by atoms with Crippen molar-refractivity contribution in [3.63, 3.8) is 0 Å². The van der Waals surface area contributed by atoms with Crippen LogP contribution >= 0.6 is 27.5 Å². The number of aliphatic imine (C=N–C) groups is 1. The fraction of sp³-hybridized carbons (Fsp3) is 0.235. The van der Waals surface area contributed by atoms with Gasteiger partial charge in [0.25, 0.3) is 5.69 Å². The standard InChI is InChI=1S/C17H16BrClN2O4/c1-17(2,3)10-5-12(19)16(23)13(6-10)20-8-9-4-14(21(24)25)11(18)7-15(9)22/h4-8,22-23H,1-3H3/p-1. The molecule has 1 N–H and O–H groups in total. The van der Waals surface area contributed by atoms with Crippen LogP contribution in [0.15, 0.2) is 33.7 Å². The average Bonchev–Trinajstić information content (AvgIpc) is 2.48.